The van der Waals surface area contributed by atoms with Gasteiger partial charge in [-0.1, -0.05) is 78.4 Å². The number of carbonyl (C=O) groups is 2. The van der Waals surface area contributed by atoms with Gasteiger partial charge in [0.15, 0.2) is 6.10 Å². The second kappa shape index (κ2) is 7.43. The minimum atomic E-state index is -0.812. The Labute approximate surface area is 175 Å². The van der Waals surface area contributed by atoms with Crippen molar-refractivity contribution >= 4 is 17.5 Å². The number of para-hydroxylation sites is 1. The minimum Gasteiger partial charge on any atom is -0.275 e. The lowest BCUT2D eigenvalue weighted by Crippen LogP contribution is -2.36. The lowest BCUT2D eigenvalue weighted by atomic mass is 9.90. The van der Waals surface area contributed by atoms with E-state index in [-0.39, 0.29) is 24.4 Å². The number of aryl methyl sites for hydroxylation is 1. The van der Waals surface area contributed by atoms with Crippen LogP contribution in [-0.4, -0.2) is 22.8 Å². The van der Waals surface area contributed by atoms with Crippen molar-refractivity contribution in [3.63, 3.8) is 0 Å². The molecule has 0 aliphatic carbocycles. The fourth-order valence-electron chi connectivity index (χ4n) is 4.29. The van der Waals surface area contributed by atoms with E-state index in [1.807, 2.05) is 91.9 Å². The quantitative estimate of drug-likeness (QED) is 0.623. The Kier molecular flexibility index (Phi) is 4.60. The van der Waals surface area contributed by atoms with Gasteiger partial charge >= 0.3 is 0 Å². The molecule has 0 radical (unpaired) electrons. The van der Waals surface area contributed by atoms with Crippen molar-refractivity contribution in [2.45, 2.75) is 25.6 Å². The third-order valence-electron chi connectivity index (χ3n) is 5.82. The van der Waals surface area contributed by atoms with E-state index < -0.39 is 12.0 Å². The first-order chi connectivity index (χ1) is 14.6. The van der Waals surface area contributed by atoms with Gasteiger partial charge in [-0.3, -0.25) is 19.3 Å². The summed E-state index contributed by atoms with van der Waals surface area (Å²) in [7, 11) is 0. The Morgan fingerprint density at radius 2 is 1.43 bits per heavy atom. The van der Waals surface area contributed by atoms with Gasteiger partial charge in [-0.2, -0.15) is 0 Å². The second-order valence-corrected chi connectivity index (χ2v) is 7.82. The SMILES string of the molecule is Cc1ccc([C@H]2[C@H]3C(=O)N(Cc4ccccc4)C(=O)[C@H]3ON2c2ccccc2)cc1. The van der Waals surface area contributed by atoms with E-state index in [4.69, 9.17) is 4.84 Å². The summed E-state index contributed by atoms with van der Waals surface area (Å²) in [5.41, 5.74) is 3.85. The van der Waals surface area contributed by atoms with Crippen LogP contribution in [0.25, 0.3) is 0 Å². The van der Waals surface area contributed by atoms with Crippen LogP contribution in [-0.2, 0) is 21.0 Å². The molecule has 5 rings (SSSR count). The summed E-state index contributed by atoms with van der Waals surface area (Å²) in [5, 5.41) is 1.73. The third-order valence-corrected chi connectivity index (χ3v) is 5.82. The lowest BCUT2D eigenvalue weighted by molar-refractivity contribution is -0.143. The Morgan fingerprint density at radius 1 is 0.800 bits per heavy atom. The van der Waals surface area contributed by atoms with Crippen LogP contribution in [0.4, 0.5) is 5.69 Å². The number of carbonyl (C=O) groups excluding carboxylic acids is 2. The Balaban J connectivity index is 1.52. The molecule has 2 amide bonds. The van der Waals surface area contributed by atoms with Gasteiger partial charge in [-0.05, 0) is 30.2 Å². The van der Waals surface area contributed by atoms with Crippen LogP contribution in [0.3, 0.4) is 0 Å². The maximum Gasteiger partial charge on any atom is 0.262 e. The average Bonchev–Trinajstić information content (AvgIpc) is 3.28. The molecular formula is C25H22N2O3. The second-order valence-electron chi connectivity index (χ2n) is 7.82. The van der Waals surface area contributed by atoms with Crippen LogP contribution in [0, 0.1) is 12.8 Å². The van der Waals surface area contributed by atoms with E-state index in [2.05, 4.69) is 0 Å². The molecule has 5 nitrogen and oxygen atoms in total. The molecule has 0 saturated carbocycles. The van der Waals surface area contributed by atoms with Gasteiger partial charge in [0, 0.05) is 0 Å². The van der Waals surface area contributed by atoms with Gasteiger partial charge in [0.1, 0.15) is 5.92 Å². The molecule has 3 atom stereocenters. The zero-order chi connectivity index (χ0) is 20.7. The summed E-state index contributed by atoms with van der Waals surface area (Å²) in [6.07, 6.45) is -0.812. The standard InChI is InChI=1S/C25H22N2O3/c1-17-12-14-19(15-13-17)22-21-23(30-27(22)20-10-6-3-7-11-20)25(29)26(24(21)28)16-18-8-4-2-5-9-18/h2-15,21-23H,16H2,1H3/t21-,22+,23+/m1/s1. The molecule has 0 N–H and O–H groups in total. The summed E-state index contributed by atoms with van der Waals surface area (Å²) in [6.45, 7) is 2.29. The summed E-state index contributed by atoms with van der Waals surface area (Å²) < 4.78 is 0. The van der Waals surface area contributed by atoms with Crippen molar-refractivity contribution in [1.29, 1.82) is 0 Å². The van der Waals surface area contributed by atoms with Crippen LogP contribution in [0.15, 0.2) is 84.9 Å². The summed E-state index contributed by atoms with van der Waals surface area (Å²) in [6, 6.07) is 26.9. The van der Waals surface area contributed by atoms with E-state index in [1.54, 1.807) is 5.06 Å². The number of amides is 2. The minimum absolute atomic E-state index is 0.183. The highest BCUT2D eigenvalue weighted by molar-refractivity contribution is 6.07. The fourth-order valence-corrected chi connectivity index (χ4v) is 4.29. The summed E-state index contributed by atoms with van der Waals surface area (Å²) >= 11 is 0. The topological polar surface area (TPSA) is 49.9 Å². The number of benzene rings is 3. The van der Waals surface area contributed by atoms with Gasteiger partial charge in [-0.15, -0.1) is 0 Å². The number of hydrogen-bond acceptors (Lipinski definition) is 4. The smallest absolute Gasteiger partial charge is 0.262 e. The summed E-state index contributed by atoms with van der Waals surface area (Å²) in [5.74, 6) is -1.04. The number of likely N-dealkylation sites (tertiary alicyclic amines) is 1. The molecule has 2 fully saturated rings. The van der Waals surface area contributed by atoms with Crippen molar-refractivity contribution in [3.05, 3.63) is 102 Å². The molecule has 0 unspecified atom stereocenters. The number of hydroxylamine groups is 1. The van der Waals surface area contributed by atoms with Crippen LogP contribution >= 0.6 is 0 Å². The van der Waals surface area contributed by atoms with Gasteiger partial charge in [-0.25, -0.2) is 5.06 Å². The predicted molar refractivity (Wildman–Crippen MR) is 113 cm³/mol. The first-order valence-corrected chi connectivity index (χ1v) is 10.1. The van der Waals surface area contributed by atoms with Crippen molar-refractivity contribution in [2.24, 2.45) is 5.92 Å². The number of fused-ring (bicyclic) bond motifs is 1. The first kappa shape index (κ1) is 18.6. The number of anilines is 1. The maximum absolute atomic E-state index is 13.4. The van der Waals surface area contributed by atoms with Crippen molar-refractivity contribution < 1.29 is 14.4 Å². The van der Waals surface area contributed by atoms with Gasteiger partial charge in [0.2, 0.25) is 5.91 Å². The van der Waals surface area contributed by atoms with E-state index in [1.165, 1.54) is 4.90 Å². The molecule has 30 heavy (non-hydrogen) atoms. The number of imide groups is 1. The zero-order valence-electron chi connectivity index (χ0n) is 16.6. The lowest BCUT2D eigenvalue weighted by Gasteiger charge is -2.28. The van der Waals surface area contributed by atoms with Gasteiger partial charge < -0.3 is 0 Å². The van der Waals surface area contributed by atoms with Crippen molar-refractivity contribution in [1.82, 2.24) is 4.90 Å². The van der Waals surface area contributed by atoms with Crippen molar-refractivity contribution in [2.75, 3.05) is 5.06 Å². The van der Waals surface area contributed by atoms with Crippen LogP contribution < -0.4 is 5.06 Å². The van der Waals surface area contributed by atoms with E-state index in [0.29, 0.717) is 0 Å². The number of rotatable bonds is 4. The van der Waals surface area contributed by atoms with Crippen LogP contribution in [0.1, 0.15) is 22.7 Å². The van der Waals surface area contributed by atoms with Gasteiger partial charge in [0.05, 0.1) is 18.3 Å². The predicted octanol–water partition coefficient (Wildman–Crippen LogP) is 4.04. The maximum atomic E-state index is 13.4. The normalized spacial score (nSPS) is 23.2. The number of nitrogens with zero attached hydrogens (tertiary/aromatic N) is 2. The molecule has 2 aliphatic rings. The molecule has 150 valence electrons. The highest BCUT2D eigenvalue weighted by Crippen LogP contribution is 2.46. The van der Waals surface area contributed by atoms with Crippen LogP contribution in [0.2, 0.25) is 0 Å². The molecule has 0 bridgehead atoms. The van der Waals surface area contributed by atoms with E-state index in [9.17, 15) is 9.59 Å². The largest absolute Gasteiger partial charge is 0.275 e. The molecule has 3 aromatic carbocycles. The average molecular weight is 398 g/mol. The van der Waals surface area contributed by atoms with E-state index in [0.717, 1.165) is 22.4 Å². The molecule has 2 saturated heterocycles. The Bertz CT molecular complexity index is 1070. The molecule has 3 aromatic rings. The summed E-state index contributed by atoms with van der Waals surface area (Å²) in [4.78, 5) is 34.1. The third kappa shape index (κ3) is 3.08. The molecule has 0 spiro atoms. The molecule has 5 heteroatoms. The Morgan fingerprint density at radius 3 is 2.10 bits per heavy atom. The highest BCUT2D eigenvalue weighted by Gasteiger charge is 2.59. The van der Waals surface area contributed by atoms with E-state index >= 15 is 0 Å². The van der Waals surface area contributed by atoms with Crippen molar-refractivity contribution in [3.8, 4) is 0 Å². The fraction of sp³-hybridized carbons (Fsp3) is 0.200. The molecule has 2 heterocycles. The first-order valence-electron chi connectivity index (χ1n) is 10.1. The molecule has 0 aromatic heterocycles. The molecule has 2 aliphatic heterocycles. The zero-order valence-corrected chi connectivity index (χ0v) is 16.6. The van der Waals surface area contributed by atoms with Crippen LogP contribution in [0.5, 0.6) is 0 Å². The monoisotopic (exact) mass is 398 g/mol. The highest BCUT2D eigenvalue weighted by atomic mass is 16.7. The Hall–Kier alpha value is -3.44. The van der Waals surface area contributed by atoms with Gasteiger partial charge in [0.25, 0.3) is 5.91 Å². The number of hydrogen-bond donors (Lipinski definition) is 0. The molecular weight excluding hydrogens is 376 g/mol.